The average Bonchev–Trinajstić information content (AvgIpc) is 3.01. The van der Waals surface area contributed by atoms with Crippen molar-refractivity contribution in [2.75, 3.05) is 6.54 Å². The second kappa shape index (κ2) is 6.11. The lowest BCUT2D eigenvalue weighted by Crippen LogP contribution is -2.43. The maximum absolute atomic E-state index is 12.5. The summed E-state index contributed by atoms with van der Waals surface area (Å²) in [6, 6.07) is -0.141. The van der Waals surface area contributed by atoms with Crippen LogP contribution in [-0.2, 0) is 11.3 Å². The molecule has 130 valence electrons. The van der Waals surface area contributed by atoms with Gasteiger partial charge in [-0.3, -0.25) is 4.90 Å². The van der Waals surface area contributed by atoms with Crippen molar-refractivity contribution in [1.29, 1.82) is 0 Å². The van der Waals surface area contributed by atoms with E-state index in [2.05, 4.69) is 34.8 Å². The van der Waals surface area contributed by atoms with Crippen molar-refractivity contribution in [2.24, 2.45) is 0 Å². The number of amides is 1. The molecule has 0 unspecified atom stereocenters. The van der Waals surface area contributed by atoms with Gasteiger partial charge in [0.1, 0.15) is 16.0 Å². The minimum Gasteiger partial charge on any atom is -0.444 e. The van der Waals surface area contributed by atoms with E-state index in [0.717, 1.165) is 27.0 Å². The lowest BCUT2D eigenvalue weighted by Gasteiger charge is -2.36. The molecular formula is C15H20BrN5O2S. The van der Waals surface area contributed by atoms with Crippen molar-refractivity contribution >= 4 is 33.6 Å². The zero-order valence-electron chi connectivity index (χ0n) is 14.3. The van der Waals surface area contributed by atoms with Crippen molar-refractivity contribution in [2.45, 2.75) is 52.8 Å². The van der Waals surface area contributed by atoms with E-state index < -0.39 is 5.60 Å². The van der Waals surface area contributed by atoms with Crippen molar-refractivity contribution < 1.29 is 9.53 Å². The van der Waals surface area contributed by atoms with Crippen LogP contribution in [0.15, 0.2) is 4.60 Å². The van der Waals surface area contributed by atoms with Crippen molar-refractivity contribution in [3.63, 3.8) is 0 Å². The van der Waals surface area contributed by atoms with Gasteiger partial charge in [0, 0.05) is 13.1 Å². The smallest absolute Gasteiger partial charge is 0.410 e. The minimum atomic E-state index is -0.513. The average molecular weight is 414 g/mol. The van der Waals surface area contributed by atoms with Crippen LogP contribution in [0.1, 0.15) is 45.3 Å². The number of halogens is 1. The van der Waals surface area contributed by atoms with Gasteiger partial charge in [0.2, 0.25) is 0 Å². The van der Waals surface area contributed by atoms with Crippen LogP contribution >= 0.6 is 27.5 Å². The van der Waals surface area contributed by atoms with Crippen LogP contribution in [-0.4, -0.2) is 42.0 Å². The molecule has 1 aliphatic rings. The molecule has 1 atom stereocenters. The van der Waals surface area contributed by atoms with Gasteiger partial charge >= 0.3 is 6.09 Å². The Morgan fingerprint density at radius 3 is 2.62 bits per heavy atom. The Morgan fingerprint density at radius 2 is 2.04 bits per heavy atom. The van der Waals surface area contributed by atoms with Gasteiger partial charge in [-0.05, 0) is 62.1 Å². The summed E-state index contributed by atoms with van der Waals surface area (Å²) in [5.41, 5.74) is 0.441. The molecule has 9 heteroatoms. The largest absolute Gasteiger partial charge is 0.444 e. The Morgan fingerprint density at radius 1 is 1.33 bits per heavy atom. The van der Waals surface area contributed by atoms with Crippen molar-refractivity contribution in [1.82, 2.24) is 23.8 Å². The van der Waals surface area contributed by atoms with Crippen molar-refractivity contribution in [3.05, 3.63) is 16.1 Å². The number of nitrogens with zero attached hydrogens (tertiary/aromatic N) is 5. The third-order valence-electron chi connectivity index (χ3n) is 3.74. The van der Waals surface area contributed by atoms with E-state index in [4.69, 9.17) is 4.74 Å². The van der Waals surface area contributed by atoms with Crippen LogP contribution in [0.4, 0.5) is 4.79 Å². The minimum absolute atomic E-state index is 0.141. The molecule has 1 amide bonds. The molecule has 3 heterocycles. The number of imidazole rings is 1. The maximum Gasteiger partial charge on any atom is 0.410 e. The van der Waals surface area contributed by atoms with E-state index in [-0.39, 0.29) is 12.1 Å². The topological polar surface area (TPSA) is 73.1 Å². The number of hydrogen-bond donors (Lipinski definition) is 0. The van der Waals surface area contributed by atoms with E-state index in [1.54, 1.807) is 4.90 Å². The van der Waals surface area contributed by atoms with Gasteiger partial charge in [0.05, 0.1) is 11.7 Å². The molecular weight excluding hydrogens is 394 g/mol. The Labute approximate surface area is 153 Å². The van der Waals surface area contributed by atoms with E-state index in [1.165, 1.54) is 11.5 Å². The lowest BCUT2D eigenvalue weighted by atomic mass is 10.1. The second-order valence-corrected chi connectivity index (χ2v) is 8.26. The van der Waals surface area contributed by atoms with E-state index >= 15 is 0 Å². The van der Waals surface area contributed by atoms with E-state index in [9.17, 15) is 4.79 Å². The van der Waals surface area contributed by atoms with Gasteiger partial charge in [-0.1, -0.05) is 0 Å². The summed E-state index contributed by atoms with van der Waals surface area (Å²) in [4.78, 5) is 23.2. The first-order valence-electron chi connectivity index (χ1n) is 7.73. The van der Waals surface area contributed by atoms with Crippen LogP contribution in [0.2, 0.25) is 0 Å². The van der Waals surface area contributed by atoms with Crippen LogP contribution in [0.25, 0.3) is 10.8 Å². The molecule has 0 aliphatic carbocycles. The molecule has 0 bridgehead atoms. The van der Waals surface area contributed by atoms with Gasteiger partial charge in [-0.25, -0.2) is 14.8 Å². The summed E-state index contributed by atoms with van der Waals surface area (Å²) in [6.45, 7) is 10.7. The molecule has 2 aromatic rings. The Hall–Kier alpha value is -1.48. The number of fused-ring (bicyclic) bond motifs is 1. The fraction of sp³-hybridized carbons (Fsp3) is 0.600. The third kappa shape index (κ3) is 3.19. The molecule has 0 spiro atoms. The first kappa shape index (κ1) is 17.3. The lowest BCUT2D eigenvalue weighted by molar-refractivity contribution is 0.0126. The predicted octanol–water partition coefficient (Wildman–Crippen LogP) is 3.78. The first-order valence-corrected chi connectivity index (χ1v) is 9.30. The van der Waals surface area contributed by atoms with Gasteiger partial charge in [-0.2, -0.15) is 4.37 Å². The Bertz CT molecular complexity index is 779. The number of ether oxygens (including phenoxy) is 1. The van der Waals surface area contributed by atoms with Gasteiger partial charge in [0.25, 0.3) is 0 Å². The fourth-order valence-electron chi connectivity index (χ4n) is 2.73. The monoisotopic (exact) mass is 413 g/mol. The fourth-order valence-corrected chi connectivity index (χ4v) is 4.11. The molecule has 0 fully saturated rings. The zero-order valence-corrected chi connectivity index (χ0v) is 16.7. The van der Waals surface area contributed by atoms with Crippen LogP contribution in [0.5, 0.6) is 0 Å². The maximum atomic E-state index is 12.5. The molecule has 1 aliphatic heterocycles. The SMILES string of the molecule is Cc1nsc(-c2nc(Br)c3n2CCN(C(=O)OC(C)(C)C)[C@@H]3C)n1. The molecule has 0 N–H and O–H groups in total. The molecule has 2 aromatic heterocycles. The first-order chi connectivity index (χ1) is 11.2. The number of rotatable bonds is 1. The number of hydrogen-bond acceptors (Lipinski definition) is 6. The summed E-state index contributed by atoms with van der Waals surface area (Å²) < 4.78 is 12.6. The molecule has 24 heavy (non-hydrogen) atoms. The highest BCUT2D eigenvalue weighted by Gasteiger charge is 2.35. The molecule has 7 nitrogen and oxygen atoms in total. The highest BCUT2D eigenvalue weighted by atomic mass is 79.9. The summed E-state index contributed by atoms with van der Waals surface area (Å²) in [5.74, 6) is 1.53. The molecule has 0 radical (unpaired) electrons. The van der Waals surface area contributed by atoms with Gasteiger partial charge < -0.3 is 9.30 Å². The Balaban J connectivity index is 1.93. The number of aromatic nitrogens is 4. The quantitative estimate of drug-likeness (QED) is 0.710. The van der Waals surface area contributed by atoms with Crippen LogP contribution < -0.4 is 0 Å². The molecule has 0 aromatic carbocycles. The van der Waals surface area contributed by atoms with Crippen LogP contribution in [0.3, 0.4) is 0 Å². The van der Waals surface area contributed by atoms with E-state index in [0.29, 0.717) is 13.1 Å². The summed E-state index contributed by atoms with van der Waals surface area (Å²) in [5, 5.41) is 0.789. The van der Waals surface area contributed by atoms with E-state index in [1.807, 2.05) is 34.6 Å². The summed E-state index contributed by atoms with van der Waals surface area (Å²) in [6.07, 6.45) is -0.303. The second-order valence-electron chi connectivity index (χ2n) is 6.76. The Kier molecular flexibility index (Phi) is 4.41. The normalized spacial score (nSPS) is 17.8. The summed E-state index contributed by atoms with van der Waals surface area (Å²) >= 11 is 4.87. The van der Waals surface area contributed by atoms with Crippen molar-refractivity contribution in [3.8, 4) is 10.8 Å². The molecule has 0 saturated carbocycles. The standard InChI is InChI=1S/C15H20BrN5O2S/c1-8-10-11(16)18-12(13-17-9(2)19-24-13)21(10)7-6-20(8)14(22)23-15(3,4)5/h8H,6-7H2,1-5H3/t8-/m1/s1. The predicted molar refractivity (Wildman–Crippen MR) is 94.9 cm³/mol. The number of carbonyl (C=O) groups is 1. The number of aryl methyl sites for hydroxylation is 1. The third-order valence-corrected chi connectivity index (χ3v) is 5.12. The molecule has 0 saturated heterocycles. The van der Waals surface area contributed by atoms with Gasteiger partial charge in [0.15, 0.2) is 10.8 Å². The van der Waals surface area contributed by atoms with Crippen LogP contribution in [0, 0.1) is 6.92 Å². The summed E-state index contributed by atoms with van der Waals surface area (Å²) in [7, 11) is 0. The molecule has 3 rings (SSSR count). The number of carbonyl (C=O) groups excluding carboxylic acids is 1. The highest BCUT2D eigenvalue weighted by molar-refractivity contribution is 9.10. The van der Waals surface area contributed by atoms with Gasteiger partial charge in [-0.15, -0.1) is 0 Å². The zero-order chi connectivity index (χ0) is 17.6. The highest BCUT2D eigenvalue weighted by Crippen LogP contribution is 2.36.